The summed E-state index contributed by atoms with van der Waals surface area (Å²) in [5.74, 6) is 0.317. The summed E-state index contributed by atoms with van der Waals surface area (Å²) in [5.41, 5.74) is 7.84. The predicted octanol–water partition coefficient (Wildman–Crippen LogP) is 3.25. The molecule has 2 aliphatic carbocycles. The molecule has 2 saturated carbocycles. The van der Waals surface area contributed by atoms with Crippen LogP contribution in [0.3, 0.4) is 0 Å². The summed E-state index contributed by atoms with van der Waals surface area (Å²) in [4.78, 5) is 12.0. The van der Waals surface area contributed by atoms with Gasteiger partial charge in [0.15, 0.2) is 0 Å². The zero-order valence-corrected chi connectivity index (χ0v) is 12.5. The molecule has 2 fully saturated rings. The molecule has 106 valence electrons. The van der Waals surface area contributed by atoms with Crippen LogP contribution in [0.2, 0.25) is 0 Å². The lowest BCUT2D eigenvalue weighted by atomic mass is 9.80. The second-order valence-corrected chi connectivity index (χ2v) is 6.52. The molecule has 1 spiro atoms. The Morgan fingerprint density at radius 3 is 2.45 bits per heavy atom. The van der Waals surface area contributed by atoms with Crippen LogP contribution in [0.25, 0.3) is 0 Å². The van der Waals surface area contributed by atoms with E-state index in [9.17, 15) is 4.79 Å². The lowest BCUT2D eigenvalue weighted by molar-refractivity contribution is -0.123. The first-order chi connectivity index (χ1) is 9.52. The molecule has 1 aromatic carbocycles. The Labute approximate surface area is 120 Å². The largest absolute Gasteiger partial charge is 0.273 e. The van der Waals surface area contributed by atoms with Crippen molar-refractivity contribution in [1.29, 1.82) is 0 Å². The first-order valence-corrected chi connectivity index (χ1v) is 7.43. The second-order valence-electron chi connectivity index (χ2n) is 6.52. The van der Waals surface area contributed by atoms with Crippen molar-refractivity contribution in [3.05, 3.63) is 34.4 Å². The average molecular weight is 270 g/mol. The number of hydrogen-bond acceptors (Lipinski definition) is 2. The molecular weight excluding hydrogens is 248 g/mol. The van der Waals surface area contributed by atoms with E-state index < -0.39 is 0 Å². The van der Waals surface area contributed by atoms with Gasteiger partial charge in [0.05, 0.1) is 6.21 Å². The average Bonchev–Trinajstić information content (AvgIpc) is 3.07. The van der Waals surface area contributed by atoms with Crippen molar-refractivity contribution in [2.45, 2.75) is 46.5 Å². The normalized spacial score (nSPS) is 22.9. The minimum absolute atomic E-state index is 0.100. The van der Waals surface area contributed by atoms with Gasteiger partial charge in [-0.2, -0.15) is 5.10 Å². The topological polar surface area (TPSA) is 41.5 Å². The molecule has 3 rings (SSSR count). The summed E-state index contributed by atoms with van der Waals surface area (Å²) in [6.45, 7) is 6.24. The molecule has 1 N–H and O–H groups in total. The Morgan fingerprint density at radius 1 is 1.30 bits per heavy atom. The van der Waals surface area contributed by atoms with E-state index in [4.69, 9.17) is 0 Å². The van der Waals surface area contributed by atoms with Crippen LogP contribution in [0.5, 0.6) is 0 Å². The van der Waals surface area contributed by atoms with Crippen molar-refractivity contribution >= 4 is 12.1 Å². The Bertz CT molecular complexity index is 562. The van der Waals surface area contributed by atoms with Crippen LogP contribution in [-0.4, -0.2) is 12.1 Å². The highest BCUT2D eigenvalue weighted by atomic mass is 16.2. The molecule has 2 aliphatic rings. The minimum Gasteiger partial charge on any atom is -0.273 e. The molecule has 1 unspecified atom stereocenters. The Balaban J connectivity index is 1.62. The lowest BCUT2D eigenvalue weighted by Crippen LogP contribution is -2.26. The van der Waals surface area contributed by atoms with E-state index in [2.05, 4.69) is 43.4 Å². The van der Waals surface area contributed by atoms with Crippen molar-refractivity contribution in [2.24, 2.45) is 16.4 Å². The molecular formula is C17H22N2O. The van der Waals surface area contributed by atoms with Crippen LogP contribution in [0.15, 0.2) is 17.2 Å². The van der Waals surface area contributed by atoms with Crippen LogP contribution in [0, 0.1) is 32.1 Å². The molecule has 0 bridgehead atoms. The molecule has 0 heterocycles. The van der Waals surface area contributed by atoms with Crippen molar-refractivity contribution in [2.75, 3.05) is 0 Å². The number of aryl methyl sites for hydroxylation is 3. The maximum atomic E-state index is 12.0. The van der Waals surface area contributed by atoms with Crippen LogP contribution < -0.4 is 5.43 Å². The van der Waals surface area contributed by atoms with E-state index in [-0.39, 0.29) is 11.8 Å². The number of nitrogens with one attached hydrogen (secondary N) is 1. The third kappa shape index (κ3) is 2.26. The van der Waals surface area contributed by atoms with E-state index in [0.29, 0.717) is 5.41 Å². The fraction of sp³-hybridized carbons (Fsp3) is 0.529. The highest BCUT2D eigenvalue weighted by Gasteiger charge is 2.60. The number of amides is 1. The fourth-order valence-electron chi connectivity index (χ4n) is 3.54. The van der Waals surface area contributed by atoms with Gasteiger partial charge in [0, 0.05) is 11.5 Å². The van der Waals surface area contributed by atoms with Crippen molar-refractivity contribution in [1.82, 2.24) is 5.43 Å². The van der Waals surface area contributed by atoms with Crippen molar-refractivity contribution < 1.29 is 4.79 Å². The molecule has 1 amide bonds. The van der Waals surface area contributed by atoms with E-state index in [1.54, 1.807) is 6.21 Å². The molecule has 0 aromatic heterocycles. The van der Waals surface area contributed by atoms with Crippen LogP contribution in [0.4, 0.5) is 0 Å². The van der Waals surface area contributed by atoms with Gasteiger partial charge < -0.3 is 0 Å². The van der Waals surface area contributed by atoms with Crippen LogP contribution >= 0.6 is 0 Å². The van der Waals surface area contributed by atoms with E-state index in [1.165, 1.54) is 36.0 Å². The third-order valence-corrected chi connectivity index (χ3v) is 4.96. The highest BCUT2D eigenvalue weighted by molar-refractivity contribution is 5.87. The van der Waals surface area contributed by atoms with E-state index in [1.807, 2.05) is 0 Å². The first-order valence-electron chi connectivity index (χ1n) is 7.43. The second kappa shape index (κ2) is 4.72. The van der Waals surface area contributed by atoms with Gasteiger partial charge in [-0.3, -0.25) is 4.79 Å². The van der Waals surface area contributed by atoms with Gasteiger partial charge in [-0.15, -0.1) is 0 Å². The molecule has 3 nitrogen and oxygen atoms in total. The molecule has 20 heavy (non-hydrogen) atoms. The van der Waals surface area contributed by atoms with Gasteiger partial charge in [-0.1, -0.05) is 24.1 Å². The zero-order chi connectivity index (χ0) is 14.3. The van der Waals surface area contributed by atoms with Gasteiger partial charge in [0.1, 0.15) is 0 Å². The Kier molecular flexibility index (Phi) is 3.15. The molecule has 1 aromatic rings. The summed E-state index contributed by atoms with van der Waals surface area (Å²) >= 11 is 0. The summed E-state index contributed by atoms with van der Waals surface area (Å²) in [6, 6.07) is 4.28. The molecule has 1 atom stereocenters. The number of benzene rings is 1. The first kappa shape index (κ1) is 13.3. The Hall–Kier alpha value is -1.64. The van der Waals surface area contributed by atoms with Gasteiger partial charge in [-0.05, 0) is 56.6 Å². The standard InChI is InChI=1S/C17H22N2O/c1-11-7-12(2)14(13(3)8-11)10-18-19-16(20)15-9-17(15)5-4-6-17/h7-8,10,15H,4-6,9H2,1-3H3,(H,19,20). The molecule has 0 aliphatic heterocycles. The molecule has 3 heteroatoms. The van der Waals surface area contributed by atoms with Crippen LogP contribution in [0.1, 0.15) is 47.9 Å². The quantitative estimate of drug-likeness (QED) is 0.665. The maximum absolute atomic E-state index is 12.0. The number of nitrogens with zero attached hydrogens (tertiary/aromatic N) is 1. The van der Waals surface area contributed by atoms with Crippen molar-refractivity contribution in [3.8, 4) is 0 Å². The summed E-state index contributed by atoms with van der Waals surface area (Å²) in [7, 11) is 0. The maximum Gasteiger partial charge on any atom is 0.243 e. The van der Waals surface area contributed by atoms with E-state index >= 15 is 0 Å². The number of hydrazone groups is 1. The van der Waals surface area contributed by atoms with E-state index in [0.717, 1.165) is 12.0 Å². The van der Waals surface area contributed by atoms with Gasteiger partial charge >= 0.3 is 0 Å². The van der Waals surface area contributed by atoms with Gasteiger partial charge in [-0.25, -0.2) is 5.43 Å². The SMILES string of the molecule is Cc1cc(C)c(C=NNC(=O)C2CC23CCC3)c(C)c1. The molecule has 0 radical (unpaired) electrons. The number of hydrogen-bond donors (Lipinski definition) is 1. The zero-order valence-electron chi connectivity index (χ0n) is 12.5. The lowest BCUT2D eigenvalue weighted by Gasteiger charge is -2.25. The summed E-state index contributed by atoms with van der Waals surface area (Å²) in [5, 5.41) is 4.15. The number of rotatable bonds is 3. The van der Waals surface area contributed by atoms with Crippen molar-refractivity contribution in [3.63, 3.8) is 0 Å². The smallest absolute Gasteiger partial charge is 0.243 e. The fourth-order valence-corrected chi connectivity index (χ4v) is 3.54. The van der Waals surface area contributed by atoms with Gasteiger partial charge in [0.2, 0.25) is 5.91 Å². The third-order valence-electron chi connectivity index (χ3n) is 4.96. The number of carbonyl (C=O) groups is 1. The minimum atomic E-state index is 0.100. The van der Waals surface area contributed by atoms with Gasteiger partial charge in [0.25, 0.3) is 0 Å². The van der Waals surface area contributed by atoms with Crippen LogP contribution in [-0.2, 0) is 4.79 Å². The predicted molar refractivity (Wildman–Crippen MR) is 80.8 cm³/mol. The monoisotopic (exact) mass is 270 g/mol. The molecule has 0 saturated heterocycles. The number of carbonyl (C=O) groups excluding carboxylic acids is 1. The highest BCUT2D eigenvalue weighted by Crippen LogP contribution is 2.65. The summed E-state index contributed by atoms with van der Waals surface area (Å²) in [6.07, 6.45) is 6.58. The summed E-state index contributed by atoms with van der Waals surface area (Å²) < 4.78 is 0. The Morgan fingerprint density at radius 2 is 1.95 bits per heavy atom.